The molecule has 3 N–H and O–H groups in total. The lowest BCUT2D eigenvalue weighted by Gasteiger charge is -2.13. The van der Waals surface area contributed by atoms with Crippen LogP contribution in [0, 0.1) is 6.92 Å². The summed E-state index contributed by atoms with van der Waals surface area (Å²) in [4.78, 5) is 37.4. The molecule has 0 spiro atoms. The first kappa shape index (κ1) is 23.7. The Morgan fingerprint density at radius 2 is 1.80 bits per heavy atom. The predicted octanol–water partition coefficient (Wildman–Crippen LogP) is 3.07. The molecule has 180 valence electrons. The zero-order valence-corrected chi connectivity index (χ0v) is 19.5. The Hall–Kier alpha value is -4.40. The van der Waals surface area contributed by atoms with Gasteiger partial charge in [-0.15, -0.1) is 0 Å². The van der Waals surface area contributed by atoms with E-state index in [4.69, 9.17) is 9.15 Å². The normalized spacial score (nSPS) is 13.6. The quantitative estimate of drug-likeness (QED) is 0.474. The number of hydrogen-bond donors (Lipinski definition) is 3. The van der Waals surface area contributed by atoms with Crippen molar-refractivity contribution in [2.24, 2.45) is 5.10 Å². The SMILES string of the molecule is COc1cccc(C(=O)N/N=C2\CCCc3oc(C(=O)NNC(=O)Cc4ccccc4)c(C)c32)c1. The fraction of sp³-hybridized carbons (Fsp3) is 0.231. The average molecular weight is 475 g/mol. The van der Waals surface area contributed by atoms with Crippen LogP contribution in [0.4, 0.5) is 0 Å². The van der Waals surface area contributed by atoms with Crippen LogP contribution >= 0.6 is 0 Å². The van der Waals surface area contributed by atoms with Gasteiger partial charge in [0.25, 0.3) is 5.91 Å². The van der Waals surface area contributed by atoms with Crippen molar-refractivity contribution in [3.05, 3.63) is 88.4 Å². The molecule has 1 aliphatic carbocycles. The number of carbonyl (C=O) groups excluding carboxylic acids is 3. The molecule has 0 saturated carbocycles. The number of nitrogens with one attached hydrogen (secondary N) is 3. The molecule has 0 saturated heterocycles. The minimum atomic E-state index is -0.557. The molecule has 0 bridgehead atoms. The summed E-state index contributed by atoms with van der Waals surface area (Å²) in [6.07, 6.45) is 2.18. The third-order valence-corrected chi connectivity index (χ3v) is 5.68. The average Bonchev–Trinajstić information content (AvgIpc) is 3.23. The minimum Gasteiger partial charge on any atom is -0.497 e. The zero-order chi connectivity index (χ0) is 24.8. The van der Waals surface area contributed by atoms with E-state index in [1.807, 2.05) is 30.3 Å². The fourth-order valence-corrected chi connectivity index (χ4v) is 3.95. The maximum absolute atomic E-state index is 12.7. The van der Waals surface area contributed by atoms with Gasteiger partial charge in [0.2, 0.25) is 5.91 Å². The largest absolute Gasteiger partial charge is 0.497 e. The van der Waals surface area contributed by atoms with Gasteiger partial charge in [-0.3, -0.25) is 25.2 Å². The summed E-state index contributed by atoms with van der Waals surface area (Å²) in [5.74, 6) is 0.0259. The molecule has 35 heavy (non-hydrogen) atoms. The first-order chi connectivity index (χ1) is 17.0. The number of benzene rings is 2. The second-order valence-corrected chi connectivity index (χ2v) is 8.10. The van der Waals surface area contributed by atoms with Crippen LogP contribution < -0.4 is 21.0 Å². The Morgan fingerprint density at radius 1 is 1.00 bits per heavy atom. The lowest BCUT2D eigenvalue weighted by Crippen LogP contribution is -2.42. The number of hydrazine groups is 1. The van der Waals surface area contributed by atoms with Crippen molar-refractivity contribution < 1.29 is 23.5 Å². The lowest BCUT2D eigenvalue weighted by atomic mass is 9.93. The summed E-state index contributed by atoms with van der Waals surface area (Å²) in [5.41, 5.74) is 10.6. The predicted molar refractivity (Wildman–Crippen MR) is 129 cm³/mol. The minimum absolute atomic E-state index is 0.101. The molecule has 0 unspecified atom stereocenters. The molecule has 3 aromatic rings. The van der Waals surface area contributed by atoms with Crippen LogP contribution in [0.3, 0.4) is 0 Å². The van der Waals surface area contributed by atoms with Gasteiger partial charge in [-0.05, 0) is 43.5 Å². The first-order valence-electron chi connectivity index (χ1n) is 11.2. The van der Waals surface area contributed by atoms with E-state index in [0.717, 1.165) is 12.0 Å². The van der Waals surface area contributed by atoms with Crippen molar-refractivity contribution in [3.8, 4) is 5.75 Å². The number of methoxy groups -OCH3 is 1. The van der Waals surface area contributed by atoms with E-state index in [9.17, 15) is 14.4 Å². The molecule has 0 fully saturated rings. The molecule has 9 nitrogen and oxygen atoms in total. The molecule has 0 atom stereocenters. The van der Waals surface area contributed by atoms with Crippen LogP contribution in [0.2, 0.25) is 0 Å². The number of ether oxygens (including phenoxy) is 1. The summed E-state index contributed by atoms with van der Waals surface area (Å²) >= 11 is 0. The molecule has 1 aromatic heterocycles. The lowest BCUT2D eigenvalue weighted by molar-refractivity contribution is -0.121. The number of furan rings is 1. The van der Waals surface area contributed by atoms with Crippen molar-refractivity contribution >= 4 is 23.4 Å². The van der Waals surface area contributed by atoms with Crippen LogP contribution in [-0.2, 0) is 17.6 Å². The summed E-state index contributed by atoms with van der Waals surface area (Å²) in [6.45, 7) is 1.76. The Morgan fingerprint density at radius 3 is 2.57 bits per heavy atom. The van der Waals surface area contributed by atoms with Crippen LogP contribution in [-0.4, -0.2) is 30.5 Å². The van der Waals surface area contributed by atoms with Crippen LogP contribution in [0.25, 0.3) is 0 Å². The zero-order valence-electron chi connectivity index (χ0n) is 19.5. The third kappa shape index (κ3) is 5.57. The molecule has 2 aromatic carbocycles. The molecule has 0 aliphatic heterocycles. The fourth-order valence-electron chi connectivity index (χ4n) is 3.95. The van der Waals surface area contributed by atoms with Gasteiger partial charge in [-0.25, -0.2) is 5.43 Å². The van der Waals surface area contributed by atoms with E-state index in [2.05, 4.69) is 21.4 Å². The topological polar surface area (TPSA) is 122 Å². The molecular weight excluding hydrogens is 448 g/mol. The summed E-state index contributed by atoms with van der Waals surface area (Å²) in [5, 5.41) is 4.33. The second-order valence-electron chi connectivity index (χ2n) is 8.10. The number of hydrazone groups is 1. The molecule has 1 heterocycles. The molecule has 9 heteroatoms. The van der Waals surface area contributed by atoms with Crippen LogP contribution in [0.5, 0.6) is 5.75 Å². The van der Waals surface area contributed by atoms with Gasteiger partial charge in [0, 0.05) is 23.1 Å². The number of nitrogens with zero attached hydrogens (tertiary/aromatic N) is 1. The van der Waals surface area contributed by atoms with E-state index in [-0.39, 0.29) is 24.0 Å². The number of hydrogen-bond acceptors (Lipinski definition) is 6. The van der Waals surface area contributed by atoms with Crippen molar-refractivity contribution in [2.75, 3.05) is 7.11 Å². The highest BCUT2D eigenvalue weighted by Crippen LogP contribution is 2.29. The smallest absolute Gasteiger partial charge is 0.305 e. The Balaban J connectivity index is 1.44. The summed E-state index contributed by atoms with van der Waals surface area (Å²) < 4.78 is 11.0. The first-order valence-corrected chi connectivity index (χ1v) is 11.2. The van der Waals surface area contributed by atoms with Crippen LogP contribution in [0.1, 0.15) is 56.2 Å². The Kier molecular flexibility index (Phi) is 7.25. The standard InChI is InChI=1S/C26H26N4O5/c1-16-23-20(27-29-25(32)18-10-6-11-19(15-18)34-2)12-7-13-21(23)35-24(16)26(33)30-28-22(31)14-17-8-4-3-5-9-17/h3-6,8-11,15H,7,12-14H2,1-2H3,(H,28,31)(H,29,32)(H,30,33)/b27-20+. The molecule has 4 rings (SSSR count). The highest BCUT2D eigenvalue weighted by Gasteiger charge is 2.28. The number of amides is 3. The Bertz CT molecular complexity index is 1280. The molecule has 3 amide bonds. The van der Waals surface area contributed by atoms with Gasteiger partial charge in [0.1, 0.15) is 11.5 Å². The monoisotopic (exact) mass is 474 g/mol. The summed E-state index contributed by atoms with van der Waals surface area (Å²) in [6, 6.07) is 16.0. The van der Waals surface area contributed by atoms with Crippen molar-refractivity contribution in [1.82, 2.24) is 16.3 Å². The number of aryl methyl sites for hydroxylation is 1. The van der Waals surface area contributed by atoms with E-state index >= 15 is 0 Å². The number of carbonyl (C=O) groups is 3. The maximum atomic E-state index is 12.7. The van der Waals surface area contributed by atoms with Crippen molar-refractivity contribution in [2.45, 2.75) is 32.6 Å². The highest BCUT2D eigenvalue weighted by molar-refractivity contribution is 6.07. The van der Waals surface area contributed by atoms with E-state index in [1.165, 1.54) is 7.11 Å². The molecule has 0 radical (unpaired) electrons. The number of fused-ring (bicyclic) bond motifs is 1. The summed E-state index contributed by atoms with van der Waals surface area (Å²) in [7, 11) is 1.53. The van der Waals surface area contributed by atoms with Gasteiger partial charge in [-0.2, -0.15) is 5.10 Å². The number of rotatable bonds is 6. The second kappa shape index (κ2) is 10.7. The van der Waals surface area contributed by atoms with Gasteiger partial charge < -0.3 is 9.15 Å². The highest BCUT2D eigenvalue weighted by atomic mass is 16.5. The van der Waals surface area contributed by atoms with Crippen molar-refractivity contribution in [3.63, 3.8) is 0 Å². The third-order valence-electron chi connectivity index (χ3n) is 5.68. The van der Waals surface area contributed by atoms with Crippen LogP contribution in [0.15, 0.2) is 64.1 Å². The maximum Gasteiger partial charge on any atom is 0.305 e. The van der Waals surface area contributed by atoms with Gasteiger partial charge >= 0.3 is 5.91 Å². The van der Waals surface area contributed by atoms with Gasteiger partial charge in [-0.1, -0.05) is 36.4 Å². The van der Waals surface area contributed by atoms with E-state index in [0.29, 0.717) is 46.8 Å². The van der Waals surface area contributed by atoms with E-state index < -0.39 is 5.91 Å². The molecule has 1 aliphatic rings. The molecular formula is C26H26N4O5. The van der Waals surface area contributed by atoms with Gasteiger partial charge in [0.15, 0.2) is 5.76 Å². The van der Waals surface area contributed by atoms with Gasteiger partial charge in [0.05, 0.1) is 19.2 Å². The Labute approximate surface area is 202 Å². The van der Waals surface area contributed by atoms with Crippen molar-refractivity contribution in [1.29, 1.82) is 0 Å². The van der Waals surface area contributed by atoms with E-state index in [1.54, 1.807) is 31.2 Å².